The van der Waals surface area contributed by atoms with Gasteiger partial charge in [-0.15, -0.1) is 6.58 Å². The first-order valence-electron chi connectivity index (χ1n) is 6.65. The Morgan fingerprint density at radius 3 is 2.83 bits per heavy atom. The number of ether oxygens (including phenoxy) is 2. The van der Waals surface area contributed by atoms with Crippen LogP contribution in [0.4, 0.5) is 0 Å². The molecule has 2 nitrogen and oxygen atoms in total. The van der Waals surface area contributed by atoms with Crippen LogP contribution in [0.2, 0.25) is 0 Å². The maximum absolute atomic E-state index is 5.70. The van der Waals surface area contributed by atoms with Crippen molar-refractivity contribution in [3.05, 3.63) is 48.6 Å². The zero-order valence-corrected chi connectivity index (χ0v) is 10.9. The Kier molecular flexibility index (Phi) is 4.97. The van der Waals surface area contributed by atoms with E-state index in [-0.39, 0.29) is 5.41 Å². The van der Waals surface area contributed by atoms with Gasteiger partial charge in [0.25, 0.3) is 0 Å². The molecule has 1 heterocycles. The number of hydrogen-bond acceptors (Lipinski definition) is 2. The van der Waals surface area contributed by atoms with E-state index in [0.717, 1.165) is 32.7 Å². The average molecular weight is 246 g/mol. The second kappa shape index (κ2) is 6.72. The molecule has 1 aliphatic heterocycles. The summed E-state index contributed by atoms with van der Waals surface area (Å²) in [5.74, 6) is 0. The van der Waals surface area contributed by atoms with Gasteiger partial charge < -0.3 is 9.47 Å². The predicted octanol–water partition coefficient (Wildman–Crippen LogP) is 3.23. The van der Waals surface area contributed by atoms with Gasteiger partial charge in [0.05, 0.1) is 19.8 Å². The first-order chi connectivity index (χ1) is 8.85. The normalized spacial score (nSPS) is 23.8. The van der Waals surface area contributed by atoms with Crippen molar-refractivity contribution in [1.29, 1.82) is 0 Å². The standard InChI is InChI=1S/C16H22O2/c1-2-10-17-13-16(9-6-11-18-14-16)12-15-7-4-3-5-8-15/h2-5,7-8H,1,6,9-14H2. The lowest BCUT2D eigenvalue weighted by molar-refractivity contribution is -0.0542. The molecule has 1 aromatic carbocycles. The Labute approximate surface area is 110 Å². The van der Waals surface area contributed by atoms with Crippen LogP contribution >= 0.6 is 0 Å². The fourth-order valence-electron chi connectivity index (χ4n) is 2.60. The molecule has 0 amide bonds. The number of rotatable bonds is 6. The van der Waals surface area contributed by atoms with Crippen molar-refractivity contribution in [2.24, 2.45) is 5.41 Å². The molecule has 0 aliphatic carbocycles. The SMILES string of the molecule is C=CCOCC1(Cc2ccccc2)CCCOC1. The molecule has 0 aromatic heterocycles. The first kappa shape index (κ1) is 13.3. The lowest BCUT2D eigenvalue weighted by Crippen LogP contribution is -2.38. The molecule has 0 bridgehead atoms. The van der Waals surface area contributed by atoms with Gasteiger partial charge in [0, 0.05) is 12.0 Å². The maximum atomic E-state index is 5.70. The van der Waals surface area contributed by atoms with E-state index in [2.05, 4.69) is 36.9 Å². The lowest BCUT2D eigenvalue weighted by atomic mass is 9.78. The van der Waals surface area contributed by atoms with E-state index in [1.54, 1.807) is 6.08 Å². The van der Waals surface area contributed by atoms with Gasteiger partial charge in [-0.05, 0) is 24.8 Å². The maximum Gasteiger partial charge on any atom is 0.0645 e. The van der Waals surface area contributed by atoms with Gasteiger partial charge in [0.15, 0.2) is 0 Å². The quantitative estimate of drug-likeness (QED) is 0.567. The summed E-state index contributed by atoms with van der Waals surface area (Å²) in [5.41, 5.74) is 1.51. The van der Waals surface area contributed by atoms with Crippen LogP contribution in [0.25, 0.3) is 0 Å². The average Bonchev–Trinajstić information content (AvgIpc) is 2.41. The highest BCUT2D eigenvalue weighted by Gasteiger charge is 2.33. The zero-order valence-electron chi connectivity index (χ0n) is 10.9. The summed E-state index contributed by atoms with van der Waals surface area (Å²) in [6, 6.07) is 10.6. The third-order valence-electron chi connectivity index (χ3n) is 3.47. The van der Waals surface area contributed by atoms with E-state index >= 15 is 0 Å². The van der Waals surface area contributed by atoms with Crippen LogP contribution in [0.5, 0.6) is 0 Å². The van der Waals surface area contributed by atoms with Crippen LogP contribution in [0.15, 0.2) is 43.0 Å². The lowest BCUT2D eigenvalue weighted by Gasteiger charge is -2.37. The highest BCUT2D eigenvalue weighted by Crippen LogP contribution is 2.33. The molecule has 1 aromatic rings. The predicted molar refractivity (Wildman–Crippen MR) is 73.6 cm³/mol. The third kappa shape index (κ3) is 3.69. The van der Waals surface area contributed by atoms with Gasteiger partial charge in [-0.2, -0.15) is 0 Å². The van der Waals surface area contributed by atoms with Crippen LogP contribution in [-0.4, -0.2) is 26.4 Å². The van der Waals surface area contributed by atoms with E-state index in [4.69, 9.17) is 9.47 Å². The minimum absolute atomic E-state index is 0.141. The van der Waals surface area contributed by atoms with Crippen molar-refractivity contribution in [2.45, 2.75) is 19.3 Å². The highest BCUT2D eigenvalue weighted by molar-refractivity contribution is 5.17. The van der Waals surface area contributed by atoms with E-state index < -0.39 is 0 Å². The second-order valence-electron chi connectivity index (χ2n) is 5.12. The van der Waals surface area contributed by atoms with E-state index in [0.29, 0.717) is 6.61 Å². The van der Waals surface area contributed by atoms with Crippen molar-refractivity contribution >= 4 is 0 Å². The number of benzene rings is 1. The Morgan fingerprint density at radius 1 is 1.33 bits per heavy atom. The molecule has 1 saturated heterocycles. The summed E-state index contributed by atoms with van der Waals surface area (Å²) in [5, 5.41) is 0. The van der Waals surface area contributed by atoms with Crippen molar-refractivity contribution in [3.8, 4) is 0 Å². The summed E-state index contributed by atoms with van der Waals surface area (Å²) in [6.07, 6.45) is 5.15. The minimum Gasteiger partial charge on any atom is -0.381 e. The van der Waals surface area contributed by atoms with E-state index in [9.17, 15) is 0 Å². The molecule has 2 rings (SSSR count). The van der Waals surface area contributed by atoms with Crippen LogP contribution < -0.4 is 0 Å². The fourth-order valence-corrected chi connectivity index (χ4v) is 2.60. The van der Waals surface area contributed by atoms with Gasteiger partial charge >= 0.3 is 0 Å². The van der Waals surface area contributed by atoms with Gasteiger partial charge in [0.2, 0.25) is 0 Å². The summed E-state index contributed by atoms with van der Waals surface area (Å²) in [4.78, 5) is 0. The van der Waals surface area contributed by atoms with Crippen LogP contribution in [0.1, 0.15) is 18.4 Å². The molecule has 1 fully saturated rings. The van der Waals surface area contributed by atoms with Gasteiger partial charge in [-0.3, -0.25) is 0 Å². The summed E-state index contributed by atoms with van der Waals surface area (Å²) < 4.78 is 11.4. The molecule has 1 aliphatic rings. The van der Waals surface area contributed by atoms with Crippen molar-refractivity contribution in [2.75, 3.05) is 26.4 Å². The molecule has 1 unspecified atom stereocenters. The Balaban J connectivity index is 2.01. The van der Waals surface area contributed by atoms with Crippen molar-refractivity contribution < 1.29 is 9.47 Å². The van der Waals surface area contributed by atoms with Gasteiger partial charge in [-0.1, -0.05) is 36.4 Å². The molecule has 98 valence electrons. The van der Waals surface area contributed by atoms with Crippen LogP contribution in [0.3, 0.4) is 0 Å². The number of hydrogen-bond donors (Lipinski definition) is 0. The zero-order chi connectivity index (χ0) is 12.7. The molecular formula is C16H22O2. The molecule has 0 radical (unpaired) electrons. The summed E-state index contributed by atoms with van der Waals surface area (Å²) in [6.45, 7) is 6.76. The molecule has 0 N–H and O–H groups in total. The fraction of sp³-hybridized carbons (Fsp3) is 0.500. The first-order valence-corrected chi connectivity index (χ1v) is 6.65. The van der Waals surface area contributed by atoms with Gasteiger partial charge in [0.1, 0.15) is 0 Å². The van der Waals surface area contributed by atoms with Crippen LogP contribution in [0, 0.1) is 5.41 Å². The molecule has 1 atom stereocenters. The van der Waals surface area contributed by atoms with E-state index in [1.165, 1.54) is 12.0 Å². The van der Waals surface area contributed by atoms with Gasteiger partial charge in [-0.25, -0.2) is 0 Å². The Hall–Kier alpha value is -1.12. The Bertz CT molecular complexity index is 353. The van der Waals surface area contributed by atoms with Crippen molar-refractivity contribution in [1.82, 2.24) is 0 Å². The molecular weight excluding hydrogens is 224 g/mol. The van der Waals surface area contributed by atoms with Crippen molar-refractivity contribution in [3.63, 3.8) is 0 Å². The topological polar surface area (TPSA) is 18.5 Å². The minimum atomic E-state index is 0.141. The molecule has 0 spiro atoms. The van der Waals surface area contributed by atoms with Crippen LogP contribution in [-0.2, 0) is 15.9 Å². The Morgan fingerprint density at radius 2 is 2.17 bits per heavy atom. The molecule has 2 heteroatoms. The third-order valence-corrected chi connectivity index (χ3v) is 3.47. The van der Waals surface area contributed by atoms with E-state index in [1.807, 2.05) is 0 Å². The summed E-state index contributed by atoms with van der Waals surface area (Å²) in [7, 11) is 0. The molecule has 0 saturated carbocycles. The largest absolute Gasteiger partial charge is 0.381 e. The summed E-state index contributed by atoms with van der Waals surface area (Å²) >= 11 is 0. The molecule has 18 heavy (non-hydrogen) atoms. The smallest absolute Gasteiger partial charge is 0.0645 e. The highest BCUT2D eigenvalue weighted by atomic mass is 16.5. The second-order valence-corrected chi connectivity index (χ2v) is 5.12. The monoisotopic (exact) mass is 246 g/mol.